The minimum atomic E-state index is -0.102. The molecule has 1 amide bonds. The first-order valence-corrected chi connectivity index (χ1v) is 9.83. The third-order valence-corrected chi connectivity index (χ3v) is 4.93. The summed E-state index contributed by atoms with van der Waals surface area (Å²) in [7, 11) is 0. The maximum Gasteiger partial charge on any atom is 0.264 e. The van der Waals surface area contributed by atoms with Crippen molar-refractivity contribution in [3.8, 4) is 11.6 Å². The van der Waals surface area contributed by atoms with Gasteiger partial charge in [-0.25, -0.2) is 0 Å². The third-order valence-electron chi connectivity index (χ3n) is 4.93. The van der Waals surface area contributed by atoms with Crippen LogP contribution in [0.15, 0.2) is 52.9 Å². The molecule has 0 spiro atoms. The van der Waals surface area contributed by atoms with Crippen LogP contribution in [-0.2, 0) is 17.8 Å². The first-order chi connectivity index (χ1) is 14.0. The molecule has 0 unspecified atom stereocenters. The number of anilines is 1. The molecule has 2 aromatic heterocycles. The van der Waals surface area contributed by atoms with Gasteiger partial charge in [-0.2, -0.15) is 0 Å². The summed E-state index contributed by atoms with van der Waals surface area (Å²) in [6, 6.07) is 16.0. The lowest BCUT2D eigenvalue weighted by atomic mass is 10.1. The molecule has 0 aliphatic rings. The number of rotatable bonds is 6. The summed E-state index contributed by atoms with van der Waals surface area (Å²) < 4.78 is 7.77. The Balaban J connectivity index is 1.68. The van der Waals surface area contributed by atoms with Gasteiger partial charge in [-0.3, -0.25) is 4.79 Å². The first kappa shape index (κ1) is 18.9. The highest BCUT2D eigenvalue weighted by Gasteiger charge is 2.18. The summed E-state index contributed by atoms with van der Waals surface area (Å²) in [5, 5.41) is 12.4. The molecule has 0 bridgehead atoms. The number of fused-ring (bicyclic) bond motifs is 1. The van der Waals surface area contributed by atoms with Crippen LogP contribution in [0.5, 0.6) is 0 Å². The zero-order valence-corrected chi connectivity index (χ0v) is 16.9. The monoisotopic (exact) mass is 388 g/mol. The van der Waals surface area contributed by atoms with E-state index in [0.717, 1.165) is 46.3 Å². The van der Waals surface area contributed by atoms with E-state index in [2.05, 4.69) is 22.4 Å². The van der Waals surface area contributed by atoms with Gasteiger partial charge in [0.15, 0.2) is 0 Å². The number of aryl methyl sites for hydroxylation is 3. The topological polar surface area (TPSA) is 73.0 Å². The van der Waals surface area contributed by atoms with Gasteiger partial charge in [0.1, 0.15) is 12.2 Å². The van der Waals surface area contributed by atoms with Crippen LogP contribution in [0.3, 0.4) is 0 Å². The minimum absolute atomic E-state index is 0.102. The van der Waals surface area contributed by atoms with Crippen molar-refractivity contribution in [3.05, 3.63) is 65.5 Å². The molecule has 4 aromatic rings. The Morgan fingerprint density at radius 2 is 1.93 bits per heavy atom. The smallest absolute Gasteiger partial charge is 0.264 e. The Labute approximate surface area is 169 Å². The van der Waals surface area contributed by atoms with Gasteiger partial charge in [-0.15, -0.1) is 10.2 Å². The van der Waals surface area contributed by atoms with Crippen molar-refractivity contribution >= 4 is 22.5 Å². The van der Waals surface area contributed by atoms with Crippen LogP contribution < -0.4 is 5.32 Å². The number of nitrogens with one attached hydrogen (secondary N) is 1. The normalized spacial score (nSPS) is 11.1. The number of carbonyl (C=O) groups is 1. The van der Waals surface area contributed by atoms with Crippen LogP contribution in [0, 0.1) is 13.8 Å². The highest BCUT2D eigenvalue weighted by molar-refractivity contribution is 5.94. The molecule has 2 aromatic carbocycles. The number of carbonyl (C=O) groups excluding carboxylic acids is 1. The number of hydrogen-bond acceptors (Lipinski definition) is 4. The summed E-state index contributed by atoms with van der Waals surface area (Å²) in [5.74, 6) is 0.943. The molecule has 0 saturated carbocycles. The van der Waals surface area contributed by atoms with Crippen molar-refractivity contribution in [1.29, 1.82) is 0 Å². The van der Waals surface area contributed by atoms with Gasteiger partial charge in [-0.05, 0) is 49.6 Å². The van der Waals surface area contributed by atoms with Crippen molar-refractivity contribution in [3.63, 3.8) is 0 Å². The zero-order chi connectivity index (χ0) is 20.4. The summed E-state index contributed by atoms with van der Waals surface area (Å²) in [6.07, 6.45) is 1.67. The molecule has 148 valence electrons. The number of para-hydroxylation sites is 1. The quantitative estimate of drug-likeness (QED) is 0.510. The van der Waals surface area contributed by atoms with Crippen molar-refractivity contribution in [2.75, 3.05) is 5.32 Å². The second kappa shape index (κ2) is 7.91. The molecule has 29 heavy (non-hydrogen) atoms. The van der Waals surface area contributed by atoms with Gasteiger partial charge in [0.2, 0.25) is 11.8 Å². The van der Waals surface area contributed by atoms with E-state index in [0.29, 0.717) is 11.8 Å². The zero-order valence-electron chi connectivity index (χ0n) is 16.9. The van der Waals surface area contributed by atoms with E-state index in [9.17, 15) is 4.79 Å². The predicted molar refractivity (Wildman–Crippen MR) is 114 cm³/mol. The molecule has 6 heteroatoms. The largest absolute Gasteiger partial charge is 0.419 e. The summed E-state index contributed by atoms with van der Waals surface area (Å²) >= 11 is 0. The lowest BCUT2D eigenvalue weighted by Gasteiger charge is -2.12. The highest BCUT2D eigenvalue weighted by atomic mass is 16.4. The van der Waals surface area contributed by atoms with Crippen LogP contribution >= 0.6 is 0 Å². The van der Waals surface area contributed by atoms with E-state index in [1.807, 2.05) is 66.9 Å². The molecule has 4 rings (SSSR count). The Kier molecular flexibility index (Phi) is 5.16. The van der Waals surface area contributed by atoms with Gasteiger partial charge < -0.3 is 14.3 Å². The van der Waals surface area contributed by atoms with Gasteiger partial charge in [0.05, 0.1) is 0 Å². The molecule has 0 atom stereocenters. The Morgan fingerprint density at radius 1 is 1.10 bits per heavy atom. The van der Waals surface area contributed by atoms with E-state index in [4.69, 9.17) is 4.42 Å². The number of nitrogens with zero attached hydrogens (tertiary/aromatic N) is 3. The van der Waals surface area contributed by atoms with E-state index in [1.165, 1.54) is 0 Å². The van der Waals surface area contributed by atoms with Crippen molar-refractivity contribution in [1.82, 2.24) is 14.8 Å². The Morgan fingerprint density at radius 3 is 2.76 bits per heavy atom. The average molecular weight is 388 g/mol. The second-order valence-electron chi connectivity index (χ2n) is 7.29. The summed E-state index contributed by atoms with van der Waals surface area (Å²) in [4.78, 5) is 12.9. The Hall–Kier alpha value is -3.41. The molecule has 0 radical (unpaired) electrons. The predicted octanol–water partition coefficient (Wildman–Crippen LogP) is 4.90. The van der Waals surface area contributed by atoms with Gasteiger partial charge in [0.25, 0.3) is 5.89 Å². The van der Waals surface area contributed by atoms with Gasteiger partial charge >= 0.3 is 0 Å². The van der Waals surface area contributed by atoms with Gasteiger partial charge in [-0.1, -0.05) is 37.3 Å². The van der Waals surface area contributed by atoms with E-state index in [-0.39, 0.29) is 12.5 Å². The highest BCUT2D eigenvalue weighted by Crippen LogP contribution is 2.28. The van der Waals surface area contributed by atoms with Crippen molar-refractivity contribution in [2.24, 2.45) is 0 Å². The van der Waals surface area contributed by atoms with Crippen LogP contribution in [0.4, 0.5) is 5.69 Å². The fourth-order valence-electron chi connectivity index (χ4n) is 3.43. The minimum Gasteiger partial charge on any atom is -0.419 e. The number of amides is 1. The van der Waals surface area contributed by atoms with Crippen LogP contribution in [-0.4, -0.2) is 20.7 Å². The SMILES string of the molecule is CCCc1nnc(-c2cc3ccccc3n2CC(=O)Nc2cc(C)ccc2C)o1. The first-order valence-electron chi connectivity index (χ1n) is 9.83. The fraction of sp³-hybridized carbons (Fsp3) is 0.261. The molecular formula is C23H24N4O2. The van der Waals surface area contributed by atoms with Crippen LogP contribution in [0.1, 0.15) is 30.4 Å². The lowest BCUT2D eigenvalue weighted by molar-refractivity contribution is -0.116. The van der Waals surface area contributed by atoms with E-state index in [1.54, 1.807) is 0 Å². The molecule has 1 N–H and O–H groups in total. The average Bonchev–Trinajstić information content (AvgIpc) is 3.30. The van der Waals surface area contributed by atoms with E-state index < -0.39 is 0 Å². The third kappa shape index (κ3) is 3.92. The number of aromatic nitrogens is 3. The number of hydrogen-bond donors (Lipinski definition) is 1. The molecule has 2 heterocycles. The van der Waals surface area contributed by atoms with Crippen molar-refractivity contribution in [2.45, 2.75) is 40.2 Å². The summed E-state index contributed by atoms with van der Waals surface area (Å²) in [6.45, 7) is 6.22. The van der Waals surface area contributed by atoms with Crippen LogP contribution in [0.2, 0.25) is 0 Å². The molecule has 0 aliphatic heterocycles. The Bertz CT molecular complexity index is 1170. The second-order valence-corrected chi connectivity index (χ2v) is 7.29. The fourth-order valence-corrected chi connectivity index (χ4v) is 3.43. The van der Waals surface area contributed by atoms with Crippen LogP contribution in [0.25, 0.3) is 22.5 Å². The standard InChI is InChI=1S/C23H24N4O2/c1-4-7-22-25-26-23(29-22)20-13-17-8-5-6-9-19(17)27(20)14-21(28)24-18-12-15(2)10-11-16(18)3/h5-6,8-13H,4,7,14H2,1-3H3,(H,24,28). The molecule has 0 aliphatic carbocycles. The van der Waals surface area contributed by atoms with Gasteiger partial charge in [0, 0.05) is 23.0 Å². The molecule has 6 nitrogen and oxygen atoms in total. The molecule has 0 fully saturated rings. The number of benzene rings is 2. The molecule has 0 saturated heterocycles. The maximum atomic E-state index is 12.9. The summed E-state index contributed by atoms with van der Waals surface area (Å²) in [5.41, 5.74) is 4.66. The molecular weight excluding hydrogens is 364 g/mol. The lowest BCUT2D eigenvalue weighted by Crippen LogP contribution is -2.19. The van der Waals surface area contributed by atoms with Crippen molar-refractivity contribution < 1.29 is 9.21 Å². The van der Waals surface area contributed by atoms with E-state index >= 15 is 0 Å². The maximum absolute atomic E-state index is 12.9.